The third-order valence-electron chi connectivity index (χ3n) is 3.04. The van der Waals surface area contributed by atoms with Crippen LogP contribution in [-0.4, -0.2) is 31.4 Å². The SMILES string of the molecule is Cc1ccc(CC(CN)C(=O)N(C)C)c(C)c1. The summed E-state index contributed by atoms with van der Waals surface area (Å²) < 4.78 is 0. The Morgan fingerprint density at radius 1 is 1.35 bits per heavy atom. The molecule has 0 aliphatic carbocycles. The fourth-order valence-electron chi connectivity index (χ4n) is 1.98. The molecule has 0 saturated carbocycles. The van der Waals surface area contributed by atoms with Crippen LogP contribution in [0.15, 0.2) is 18.2 Å². The number of benzene rings is 1. The molecule has 1 unspecified atom stereocenters. The van der Waals surface area contributed by atoms with Gasteiger partial charge in [-0.05, 0) is 31.4 Å². The minimum absolute atomic E-state index is 0.104. The van der Waals surface area contributed by atoms with Crippen LogP contribution < -0.4 is 5.73 Å². The zero-order valence-corrected chi connectivity index (χ0v) is 11.2. The maximum Gasteiger partial charge on any atom is 0.226 e. The van der Waals surface area contributed by atoms with Crippen molar-refractivity contribution in [3.05, 3.63) is 34.9 Å². The molecule has 1 rings (SSSR count). The lowest BCUT2D eigenvalue weighted by Gasteiger charge is -2.20. The molecule has 0 heterocycles. The van der Waals surface area contributed by atoms with Gasteiger partial charge in [-0.25, -0.2) is 0 Å². The number of hydrogen-bond donors (Lipinski definition) is 1. The maximum atomic E-state index is 11.9. The first-order valence-electron chi connectivity index (χ1n) is 5.93. The number of carbonyl (C=O) groups is 1. The van der Waals surface area contributed by atoms with Crippen molar-refractivity contribution in [1.82, 2.24) is 4.90 Å². The van der Waals surface area contributed by atoms with Crippen molar-refractivity contribution < 1.29 is 4.79 Å². The minimum Gasteiger partial charge on any atom is -0.349 e. The molecule has 0 radical (unpaired) electrons. The van der Waals surface area contributed by atoms with Crippen LogP contribution in [0, 0.1) is 19.8 Å². The highest BCUT2D eigenvalue weighted by atomic mass is 16.2. The molecule has 1 aromatic rings. The molecular weight excluding hydrogens is 212 g/mol. The van der Waals surface area contributed by atoms with E-state index < -0.39 is 0 Å². The molecular formula is C14H22N2O. The number of amides is 1. The average Bonchev–Trinajstić information content (AvgIpc) is 2.27. The topological polar surface area (TPSA) is 46.3 Å². The van der Waals surface area contributed by atoms with Crippen molar-refractivity contribution in [2.75, 3.05) is 20.6 Å². The fourth-order valence-corrected chi connectivity index (χ4v) is 1.98. The van der Waals surface area contributed by atoms with E-state index in [0.717, 1.165) is 6.42 Å². The van der Waals surface area contributed by atoms with Crippen molar-refractivity contribution in [3.63, 3.8) is 0 Å². The first kappa shape index (κ1) is 13.7. The third kappa shape index (κ3) is 3.56. The van der Waals surface area contributed by atoms with Crippen LogP contribution in [0.1, 0.15) is 16.7 Å². The molecule has 0 bridgehead atoms. The molecule has 1 atom stereocenters. The number of nitrogens with two attached hydrogens (primary N) is 1. The van der Waals surface area contributed by atoms with Crippen molar-refractivity contribution in [1.29, 1.82) is 0 Å². The maximum absolute atomic E-state index is 11.9. The lowest BCUT2D eigenvalue weighted by molar-refractivity contribution is -0.132. The van der Waals surface area contributed by atoms with E-state index in [-0.39, 0.29) is 11.8 Å². The Morgan fingerprint density at radius 3 is 2.47 bits per heavy atom. The molecule has 3 nitrogen and oxygen atoms in total. The zero-order chi connectivity index (χ0) is 13.0. The van der Waals surface area contributed by atoms with Crippen molar-refractivity contribution in [2.24, 2.45) is 11.7 Å². The third-order valence-corrected chi connectivity index (χ3v) is 3.04. The van der Waals surface area contributed by atoms with E-state index in [4.69, 9.17) is 5.73 Å². The van der Waals surface area contributed by atoms with E-state index in [1.807, 2.05) is 0 Å². The highest BCUT2D eigenvalue weighted by Crippen LogP contribution is 2.16. The second-order valence-electron chi connectivity index (χ2n) is 4.80. The normalized spacial score (nSPS) is 12.3. The lowest BCUT2D eigenvalue weighted by Crippen LogP contribution is -2.35. The number of hydrogen-bond acceptors (Lipinski definition) is 2. The summed E-state index contributed by atoms with van der Waals surface area (Å²) in [6.45, 7) is 4.54. The van der Waals surface area contributed by atoms with Crippen molar-refractivity contribution >= 4 is 5.91 Å². The summed E-state index contributed by atoms with van der Waals surface area (Å²) in [5.74, 6) is -0.0149. The largest absolute Gasteiger partial charge is 0.349 e. The summed E-state index contributed by atoms with van der Waals surface area (Å²) in [5, 5.41) is 0. The van der Waals surface area contributed by atoms with Gasteiger partial charge in [-0.3, -0.25) is 4.79 Å². The number of nitrogens with zero attached hydrogens (tertiary/aromatic N) is 1. The second kappa shape index (κ2) is 5.82. The highest BCUT2D eigenvalue weighted by Gasteiger charge is 2.19. The van der Waals surface area contributed by atoms with Crippen LogP contribution in [-0.2, 0) is 11.2 Å². The summed E-state index contributed by atoms with van der Waals surface area (Å²) in [4.78, 5) is 13.5. The summed E-state index contributed by atoms with van der Waals surface area (Å²) in [7, 11) is 3.54. The molecule has 0 spiro atoms. The molecule has 0 saturated heterocycles. The van der Waals surface area contributed by atoms with Gasteiger partial charge in [0.15, 0.2) is 0 Å². The molecule has 0 aliphatic rings. The standard InChI is InChI=1S/C14H22N2O/c1-10-5-6-12(11(2)7-10)8-13(9-15)14(17)16(3)4/h5-7,13H,8-9,15H2,1-4H3. The van der Waals surface area contributed by atoms with Gasteiger partial charge >= 0.3 is 0 Å². The second-order valence-corrected chi connectivity index (χ2v) is 4.80. The Kier molecular flexibility index (Phi) is 4.70. The van der Waals surface area contributed by atoms with Gasteiger partial charge in [0.05, 0.1) is 5.92 Å². The Hall–Kier alpha value is -1.35. The van der Waals surface area contributed by atoms with E-state index in [2.05, 4.69) is 32.0 Å². The molecule has 0 aliphatic heterocycles. The van der Waals surface area contributed by atoms with Crippen LogP contribution in [0.3, 0.4) is 0 Å². The predicted molar refractivity (Wildman–Crippen MR) is 70.9 cm³/mol. The molecule has 1 amide bonds. The molecule has 2 N–H and O–H groups in total. The summed E-state index contributed by atoms with van der Waals surface area (Å²) in [5.41, 5.74) is 9.38. The van der Waals surface area contributed by atoms with Gasteiger partial charge in [0.1, 0.15) is 0 Å². The number of carbonyl (C=O) groups excluding carboxylic acids is 1. The van der Waals surface area contributed by atoms with Gasteiger partial charge in [0, 0.05) is 20.6 Å². The molecule has 0 fully saturated rings. The quantitative estimate of drug-likeness (QED) is 0.858. The number of aryl methyl sites for hydroxylation is 2. The van der Waals surface area contributed by atoms with Crippen LogP contribution in [0.25, 0.3) is 0 Å². The van der Waals surface area contributed by atoms with Crippen LogP contribution in [0.5, 0.6) is 0 Å². The molecule has 94 valence electrons. The van der Waals surface area contributed by atoms with Gasteiger partial charge in [-0.15, -0.1) is 0 Å². The fraction of sp³-hybridized carbons (Fsp3) is 0.500. The van der Waals surface area contributed by atoms with Crippen LogP contribution >= 0.6 is 0 Å². The summed E-state index contributed by atoms with van der Waals surface area (Å²) >= 11 is 0. The number of rotatable bonds is 4. The van der Waals surface area contributed by atoms with Crippen molar-refractivity contribution in [3.8, 4) is 0 Å². The molecule has 1 aromatic carbocycles. The van der Waals surface area contributed by atoms with Gasteiger partial charge in [0.25, 0.3) is 0 Å². The van der Waals surface area contributed by atoms with Gasteiger partial charge < -0.3 is 10.6 Å². The Labute approximate surface area is 104 Å². The van der Waals surface area contributed by atoms with Gasteiger partial charge in [-0.1, -0.05) is 23.8 Å². The summed E-state index contributed by atoms with van der Waals surface area (Å²) in [6, 6.07) is 6.31. The minimum atomic E-state index is -0.119. The lowest BCUT2D eigenvalue weighted by atomic mass is 9.94. The molecule has 0 aromatic heterocycles. The Bertz CT molecular complexity index is 399. The Balaban J connectivity index is 2.84. The van der Waals surface area contributed by atoms with Crippen molar-refractivity contribution in [2.45, 2.75) is 20.3 Å². The monoisotopic (exact) mass is 234 g/mol. The van der Waals surface area contributed by atoms with Crippen LogP contribution in [0.4, 0.5) is 0 Å². The van der Waals surface area contributed by atoms with E-state index in [9.17, 15) is 4.79 Å². The Morgan fingerprint density at radius 2 is 2.00 bits per heavy atom. The predicted octanol–water partition coefficient (Wildman–Crippen LogP) is 1.51. The molecule has 17 heavy (non-hydrogen) atoms. The average molecular weight is 234 g/mol. The van der Waals surface area contributed by atoms with E-state index in [0.29, 0.717) is 6.54 Å². The van der Waals surface area contributed by atoms with Crippen LogP contribution in [0.2, 0.25) is 0 Å². The van der Waals surface area contributed by atoms with Gasteiger partial charge in [-0.2, -0.15) is 0 Å². The summed E-state index contributed by atoms with van der Waals surface area (Å²) in [6.07, 6.45) is 0.722. The first-order chi connectivity index (χ1) is 7.95. The zero-order valence-electron chi connectivity index (χ0n) is 11.2. The highest BCUT2D eigenvalue weighted by molar-refractivity contribution is 5.78. The smallest absolute Gasteiger partial charge is 0.226 e. The first-order valence-corrected chi connectivity index (χ1v) is 5.93. The van der Waals surface area contributed by atoms with Gasteiger partial charge in [0.2, 0.25) is 5.91 Å². The van der Waals surface area contributed by atoms with E-state index >= 15 is 0 Å². The van der Waals surface area contributed by atoms with E-state index in [1.54, 1.807) is 19.0 Å². The molecule has 3 heteroatoms. The van der Waals surface area contributed by atoms with E-state index in [1.165, 1.54) is 16.7 Å².